The molecule has 2 heterocycles. The Morgan fingerprint density at radius 2 is 2.06 bits per heavy atom. The van der Waals surface area contributed by atoms with Crippen molar-refractivity contribution in [3.05, 3.63) is 53.8 Å². The van der Waals surface area contributed by atoms with Gasteiger partial charge >= 0.3 is 6.43 Å². The number of halogens is 3. The number of alkyl halides is 2. The Bertz CT molecular complexity index is 1030. The van der Waals surface area contributed by atoms with Crippen LogP contribution in [0.3, 0.4) is 0 Å². The molecule has 4 rings (SSSR count). The normalized spacial score (nSPS) is 21.4. The third kappa shape index (κ3) is 6.34. The van der Waals surface area contributed by atoms with E-state index >= 15 is 4.39 Å². The molecule has 0 spiro atoms. The van der Waals surface area contributed by atoms with Crippen LogP contribution in [0, 0.1) is 5.82 Å². The molecular formula is C23H29F3N6O3. The van der Waals surface area contributed by atoms with Gasteiger partial charge < -0.3 is 30.7 Å². The Morgan fingerprint density at radius 3 is 2.80 bits per heavy atom. The molecule has 2 aromatic rings. The summed E-state index contributed by atoms with van der Waals surface area (Å²) < 4.78 is 45.1. The monoisotopic (exact) mass is 494 g/mol. The predicted octanol–water partition coefficient (Wildman–Crippen LogP) is 1.10. The molecule has 0 aromatic heterocycles. The zero-order valence-corrected chi connectivity index (χ0v) is 19.0. The molecule has 1 unspecified atom stereocenters. The van der Waals surface area contributed by atoms with Gasteiger partial charge in [-0.1, -0.05) is 12.1 Å². The second kappa shape index (κ2) is 11.1. The first kappa shape index (κ1) is 25.0. The molecule has 190 valence electrons. The number of ether oxygens (including phenoxy) is 1. The van der Waals surface area contributed by atoms with Crippen molar-refractivity contribution in [1.29, 1.82) is 0 Å². The maximum atomic E-state index is 15.1. The molecule has 2 fully saturated rings. The molecular weight excluding hydrogens is 465 g/mol. The molecule has 0 aliphatic carbocycles. The molecule has 2 aliphatic rings. The number of nitrogens with zero attached hydrogens (tertiary/aromatic N) is 3. The van der Waals surface area contributed by atoms with Gasteiger partial charge in [0.1, 0.15) is 5.82 Å². The Morgan fingerprint density at radius 1 is 1.23 bits per heavy atom. The number of hydrazine groups is 1. The average Bonchev–Trinajstić information content (AvgIpc) is 3.04. The molecule has 12 heteroatoms. The van der Waals surface area contributed by atoms with Crippen LogP contribution < -0.4 is 26.3 Å². The van der Waals surface area contributed by atoms with Crippen LogP contribution in [0.1, 0.15) is 5.56 Å². The molecule has 0 saturated carbocycles. The minimum absolute atomic E-state index is 0.107. The summed E-state index contributed by atoms with van der Waals surface area (Å²) in [5.74, 6) is -1.86. The number of nitrogens with one attached hydrogen (secondary N) is 2. The summed E-state index contributed by atoms with van der Waals surface area (Å²) in [6, 6.07) is 12.3. The van der Waals surface area contributed by atoms with Gasteiger partial charge in [0.25, 0.3) is 5.91 Å². The number of carbonyl (C=O) groups excluding carboxylic acids is 1. The van der Waals surface area contributed by atoms with Crippen LogP contribution in [0.5, 0.6) is 0 Å². The van der Waals surface area contributed by atoms with Crippen molar-refractivity contribution in [2.45, 2.75) is 25.5 Å². The van der Waals surface area contributed by atoms with E-state index in [4.69, 9.17) is 10.5 Å². The van der Waals surface area contributed by atoms with Crippen molar-refractivity contribution in [1.82, 2.24) is 15.8 Å². The highest BCUT2D eigenvalue weighted by Crippen LogP contribution is 2.29. The van der Waals surface area contributed by atoms with Crippen LogP contribution >= 0.6 is 0 Å². The van der Waals surface area contributed by atoms with Crippen LogP contribution in [-0.4, -0.2) is 74.2 Å². The lowest BCUT2D eigenvalue weighted by atomic mass is 10.2. The lowest BCUT2D eigenvalue weighted by Gasteiger charge is -2.25. The maximum absolute atomic E-state index is 15.1. The Kier molecular flexibility index (Phi) is 7.96. The number of aliphatic hydroxyl groups excluding tert-OH is 1. The number of hydrogen-bond donors (Lipinski definition) is 4. The summed E-state index contributed by atoms with van der Waals surface area (Å²) >= 11 is 0. The molecule has 1 amide bonds. The lowest BCUT2D eigenvalue weighted by molar-refractivity contribution is -0.133. The van der Waals surface area contributed by atoms with Gasteiger partial charge in [0.2, 0.25) is 6.41 Å². The Labute approximate surface area is 201 Å². The number of nitrogen functional groups attached to an aromatic ring is 1. The molecule has 2 saturated heterocycles. The Hall–Kier alpha value is -3.06. The van der Waals surface area contributed by atoms with E-state index in [1.165, 1.54) is 11.0 Å². The fourth-order valence-corrected chi connectivity index (χ4v) is 4.23. The highest BCUT2D eigenvalue weighted by Gasteiger charge is 2.33. The van der Waals surface area contributed by atoms with Crippen LogP contribution in [0.4, 0.5) is 30.2 Å². The van der Waals surface area contributed by atoms with E-state index < -0.39 is 30.7 Å². The number of nitrogens with two attached hydrogens (primary N) is 1. The molecule has 0 radical (unpaired) electrons. The van der Waals surface area contributed by atoms with Gasteiger partial charge in [-0.25, -0.2) is 9.40 Å². The second-order valence-electron chi connectivity index (χ2n) is 8.48. The zero-order valence-electron chi connectivity index (χ0n) is 19.0. The first-order chi connectivity index (χ1) is 16.8. The van der Waals surface area contributed by atoms with Crippen molar-refractivity contribution < 1.29 is 27.8 Å². The number of hydrogen-bond acceptors (Lipinski definition) is 8. The highest BCUT2D eigenvalue weighted by atomic mass is 19.3. The highest BCUT2D eigenvalue weighted by molar-refractivity contribution is 5.79. The molecule has 2 atom stereocenters. The number of carbonyl (C=O) groups is 1. The van der Waals surface area contributed by atoms with E-state index in [9.17, 15) is 18.7 Å². The zero-order chi connectivity index (χ0) is 24.9. The minimum atomic E-state index is -3.13. The van der Waals surface area contributed by atoms with Crippen LogP contribution in [0.15, 0.2) is 42.5 Å². The second-order valence-corrected chi connectivity index (χ2v) is 8.48. The molecule has 0 bridgehead atoms. The van der Waals surface area contributed by atoms with Crippen LogP contribution in [0.25, 0.3) is 0 Å². The summed E-state index contributed by atoms with van der Waals surface area (Å²) in [7, 11) is 0. The van der Waals surface area contributed by atoms with E-state index in [0.717, 1.165) is 5.56 Å². The number of rotatable bonds is 7. The first-order valence-corrected chi connectivity index (χ1v) is 11.3. The topological polar surface area (TPSA) is 106 Å². The van der Waals surface area contributed by atoms with Gasteiger partial charge in [0, 0.05) is 50.6 Å². The molecule has 35 heavy (non-hydrogen) atoms. The van der Waals surface area contributed by atoms with Crippen molar-refractivity contribution in [3.8, 4) is 0 Å². The smallest absolute Gasteiger partial charge is 0.315 e. The maximum Gasteiger partial charge on any atom is 0.315 e. The molecule has 9 nitrogen and oxygen atoms in total. The summed E-state index contributed by atoms with van der Waals surface area (Å²) in [6.07, 6.45) is -5.22. The van der Waals surface area contributed by atoms with Crippen molar-refractivity contribution in [2.24, 2.45) is 0 Å². The van der Waals surface area contributed by atoms with Gasteiger partial charge in [-0.2, -0.15) is 8.78 Å². The molecule has 2 aromatic carbocycles. The summed E-state index contributed by atoms with van der Waals surface area (Å²) in [5.41, 5.74) is 11.8. The summed E-state index contributed by atoms with van der Waals surface area (Å²) in [4.78, 5) is 14.4. The van der Waals surface area contributed by atoms with Crippen molar-refractivity contribution >= 4 is 23.0 Å². The van der Waals surface area contributed by atoms with E-state index in [1.807, 2.05) is 29.2 Å². The van der Waals surface area contributed by atoms with Gasteiger partial charge in [-0.05, 0) is 35.9 Å². The number of amides is 1. The van der Waals surface area contributed by atoms with Crippen molar-refractivity contribution in [2.75, 3.05) is 54.8 Å². The summed E-state index contributed by atoms with van der Waals surface area (Å²) in [5, 5.41) is 14.3. The number of anilines is 3. The van der Waals surface area contributed by atoms with Gasteiger partial charge in [-0.15, -0.1) is 0 Å². The third-order valence-electron chi connectivity index (χ3n) is 5.97. The largest absolute Gasteiger partial charge is 0.399 e. The quantitative estimate of drug-likeness (QED) is 0.424. The minimum Gasteiger partial charge on any atom is -0.399 e. The van der Waals surface area contributed by atoms with Crippen LogP contribution in [-0.2, 0) is 16.1 Å². The lowest BCUT2D eigenvalue weighted by Crippen LogP contribution is -2.38. The van der Waals surface area contributed by atoms with Crippen LogP contribution in [0.2, 0.25) is 0 Å². The first-order valence-electron chi connectivity index (χ1n) is 11.3. The SMILES string of the molecule is Nc1cccc(CN2CCN(c3ccc(N4C[C@H](CNC(=O)C(F)F)OC4O)cc3F)CCN2)c1. The Balaban J connectivity index is 1.35. The van der Waals surface area contributed by atoms with Crippen molar-refractivity contribution in [3.63, 3.8) is 0 Å². The van der Waals surface area contributed by atoms with E-state index in [2.05, 4.69) is 15.8 Å². The fourth-order valence-electron chi connectivity index (χ4n) is 4.23. The summed E-state index contributed by atoms with van der Waals surface area (Å²) in [6.45, 7) is 3.10. The van der Waals surface area contributed by atoms with Gasteiger partial charge in [0.15, 0.2) is 0 Å². The predicted molar refractivity (Wildman–Crippen MR) is 125 cm³/mol. The van der Waals surface area contributed by atoms with Gasteiger partial charge in [-0.3, -0.25) is 10.2 Å². The van der Waals surface area contributed by atoms with E-state index in [1.54, 1.807) is 12.1 Å². The molecule has 2 aliphatic heterocycles. The third-order valence-corrected chi connectivity index (χ3v) is 5.97. The molecule has 5 N–H and O–H groups in total. The van der Waals surface area contributed by atoms with E-state index in [0.29, 0.717) is 49.8 Å². The number of benzene rings is 2. The standard InChI is InChI=1S/C23H29F3N6O3/c24-19-11-17(32-14-18(35-23(32)34)12-28-22(33)21(25)26)4-5-20(19)30-7-6-29-31(9-8-30)13-15-2-1-3-16(27)10-15/h1-5,10-11,18,21,23,29,34H,6-9,12-14,27H2,(H,28,33)/t18-,23?/m0/s1. The fraction of sp³-hybridized carbons (Fsp3) is 0.435. The van der Waals surface area contributed by atoms with Gasteiger partial charge in [0.05, 0.1) is 18.3 Å². The average molecular weight is 495 g/mol. The van der Waals surface area contributed by atoms with E-state index in [-0.39, 0.29) is 13.1 Å². The number of aliphatic hydroxyl groups is 1.